The fraction of sp³-hybridized carbons (Fsp3) is 0.950. The van der Waals surface area contributed by atoms with Crippen molar-refractivity contribution >= 4 is 5.78 Å². The summed E-state index contributed by atoms with van der Waals surface area (Å²) < 4.78 is 0. The predicted octanol–water partition coefficient (Wildman–Crippen LogP) is 3.57. The summed E-state index contributed by atoms with van der Waals surface area (Å²) in [7, 11) is 0. The van der Waals surface area contributed by atoms with Crippen molar-refractivity contribution in [3.05, 3.63) is 0 Å². The Bertz CT molecular complexity index is 503. The van der Waals surface area contributed by atoms with Gasteiger partial charge in [0, 0.05) is 17.8 Å². The number of rotatable bonds is 1. The van der Waals surface area contributed by atoms with Gasteiger partial charge in [0.15, 0.2) is 0 Å². The second-order valence-corrected chi connectivity index (χ2v) is 9.40. The quantitative estimate of drug-likeness (QED) is 0.776. The number of hydrogen-bond acceptors (Lipinski definition) is 3. The molecule has 8 atom stereocenters. The summed E-state index contributed by atoms with van der Waals surface area (Å²) in [5.41, 5.74) is -0.743. The van der Waals surface area contributed by atoms with Crippen LogP contribution in [0.4, 0.5) is 0 Å². The molecule has 0 heterocycles. The second kappa shape index (κ2) is 5.29. The summed E-state index contributed by atoms with van der Waals surface area (Å²) in [4.78, 5) is 12.9. The van der Waals surface area contributed by atoms with Gasteiger partial charge in [0.2, 0.25) is 0 Å². The molecule has 3 rings (SSSR count). The molecule has 0 radical (unpaired) electrons. The van der Waals surface area contributed by atoms with E-state index >= 15 is 0 Å². The van der Waals surface area contributed by atoms with E-state index in [4.69, 9.17) is 0 Å². The van der Waals surface area contributed by atoms with Crippen molar-refractivity contribution in [1.82, 2.24) is 0 Å². The van der Waals surface area contributed by atoms with Crippen LogP contribution in [0.5, 0.6) is 0 Å². The van der Waals surface area contributed by atoms with Gasteiger partial charge in [-0.25, -0.2) is 0 Å². The molecule has 0 saturated heterocycles. The standard InChI is InChI=1S/C20H34O3/c1-6-18(4)11-15(22)19(5)12(2)7-9-20(13(3)17(18)23)10-8-14(21)16(19)20/h12-13,15-17,22-23H,6-11H2,1-5H3. The van der Waals surface area contributed by atoms with Crippen LogP contribution in [-0.2, 0) is 4.79 Å². The SMILES string of the molecule is CCC1(C)CC(O)C2(C)C(C)CCC3(CCC(=O)C32)C(C)C1O. The Morgan fingerprint density at radius 2 is 1.83 bits per heavy atom. The molecule has 0 spiro atoms. The van der Waals surface area contributed by atoms with Gasteiger partial charge in [0.25, 0.3) is 0 Å². The number of carbonyl (C=O) groups is 1. The van der Waals surface area contributed by atoms with E-state index in [-0.39, 0.29) is 28.1 Å². The Balaban J connectivity index is 2.19. The molecule has 0 aliphatic heterocycles. The Hall–Kier alpha value is -0.410. The van der Waals surface area contributed by atoms with Crippen molar-refractivity contribution in [1.29, 1.82) is 0 Å². The third-order valence-corrected chi connectivity index (χ3v) is 8.74. The first-order valence-electron chi connectivity index (χ1n) is 9.52. The van der Waals surface area contributed by atoms with Crippen LogP contribution >= 0.6 is 0 Å². The van der Waals surface area contributed by atoms with Gasteiger partial charge in [-0.1, -0.05) is 34.6 Å². The van der Waals surface area contributed by atoms with Crippen LogP contribution in [0.2, 0.25) is 0 Å². The fourth-order valence-electron chi connectivity index (χ4n) is 6.57. The molecule has 8 unspecified atom stereocenters. The van der Waals surface area contributed by atoms with Crippen LogP contribution in [0.3, 0.4) is 0 Å². The molecule has 2 N–H and O–H groups in total. The Morgan fingerprint density at radius 1 is 1.17 bits per heavy atom. The lowest BCUT2D eigenvalue weighted by Crippen LogP contribution is -2.62. The molecule has 23 heavy (non-hydrogen) atoms. The Morgan fingerprint density at radius 3 is 2.43 bits per heavy atom. The zero-order chi connectivity index (χ0) is 17.2. The van der Waals surface area contributed by atoms with Gasteiger partial charge >= 0.3 is 0 Å². The van der Waals surface area contributed by atoms with E-state index in [1.165, 1.54) is 0 Å². The minimum absolute atomic E-state index is 0.0835. The first-order chi connectivity index (χ1) is 10.6. The van der Waals surface area contributed by atoms with Gasteiger partial charge in [-0.15, -0.1) is 0 Å². The van der Waals surface area contributed by atoms with Crippen molar-refractivity contribution in [2.24, 2.45) is 34.0 Å². The third-order valence-electron chi connectivity index (χ3n) is 8.74. The molecule has 0 aromatic rings. The van der Waals surface area contributed by atoms with Crippen molar-refractivity contribution in [3.63, 3.8) is 0 Å². The van der Waals surface area contributed by atoms with Crippen molar-refractivity contribution in [2.75, 3.05) is 0 Å². The van der Waals surface area contributed by atoms with Crippen LogP contribution in [-0.4, -0.2) is 28.2 Å². The van der Waals surface area contributed by atoms with E-state index in [1.807, 2.05) is 0 Å². The summed E-state index contributed by atoms with van der Waals surface area (Å²) in [6.45, 7) is 10.8. The largest absolute Gasteiger partial charge is 0.393 e. The van der Waals surface area contributed by atoms with Crippen LogP contribution in [0.1, 0.15) is 73.1 Å². The molecule has 0 aromatic carbocycles. The van der Waals surface area contributed by atoms with Crippen molar-refractivity contribution in [3.8, 4) is 0 Å². The lowest BCUT2D eigenvalue weighted by molar-refractivity contribution is -0.198. The summed E-state index contributed by atoms with van der Waals surface area (Å²) in [5.74, 6) is 0.710. The normalized spacial score (nSPS) is 56.8. The minimum Gasteiger partial charge on any atom is -0.393 e. The molecule has 0 aromatic heterocycles. The van der Waals surface area contributed by atoms with Crippen molar-refractivity contribution < 1.29 is 15.0 Å². The number of aliphatic hydroxyl groups is 2. The maximum atomic E-state index is 12.9. The topological polar surface area (TPSA) is 57.5 Å². The van der Waals surface area contributed by atoms with E-state index in [9.17, 15) is 15.0 Å². The van der Waals surface area contributed by atoms with Gasteiger partial charge < -0.3 is 10.2 Å². The molecule has 3 saturated carbocycles. The Kier molecular flexibility index (Phi) is 4.01. The molecular weight excluding hydrogens is 288 g/mol. The van der Waals surface area contributed by atoms with Gasteiger partial charge in [0.1, 0.15) is 5.78 Å². The third kappa shape index (κ3) is 2.05. The molecule has 3 heteroatoms. The molecule has 0 amide bonds. The van der Waals surface area contributed by atoms with E-state index in [2.05, 4.69) is 34.6 Å². The van der Waals surface area contributed by atoms with E-state index in [0.29, 0.717) is 24.5 Å². The molecule has 3 fully saturated rings. The van der Waals surface area contributed by atoms with E-state index < -0.39 is 12.2 Å². The van der Waals surface area contributed by atoms with Gasteiger partial charge in [-0.3, -0.25) is 4.79 Å². The van der Waals surface area contributed by atoms with Gasteiger partial charge in [0.05, 0.1) is 12.2 Å². The lowest BCUT2D eigenvalue weighted by Gasteiger charge is -2.61. The highest BCUT2D eigenvalue weighted by atomic mass is 16.3. The van der Waals surface area contributed by atoms with Gasteiger partial charge in [-0.2, -0.15) is 0 Å². The smallest absolute Gasteiger partial charge is 0.137 e. The second-order valence-electron chi connectivity index (χ2n) is 9.40. The van der Waals surface area contributed by atoms with Crippen LogP contribution in [0.15, 0.2) is 0 Å². The number of carbonyl (C=O) groups excluding carboxylic acids is 1. The maximum absolute atomic E-state index is 12.9. The zero-order valence-electron chi connectivity index (χ0n) is 15.4. The summed E-state index contributed by atoms with van der Waals surface area (Å²) in [6.07, 6.45) is 4.07. The number of Topliss-reactive ketones (excluding diaryl/α,β-unsaturated/α-hetero) is 1. The van der Waals surface area contributed by atoms with Crippen molar-refractivity contribution in [2.45, 2.75) is 85.4 Å². The average Bonchev–Trinajstić information content (AvgIpc) is 2.87. The van der Waals surface area contributed by atoms with Gasteiger partial charge in [-0.05, 0) is 54.8 Å². The molecule has 3 aliphatic rings. The lowest BCUT2D eigenvalue weighted by atomic mass is 9.43. The first kappa shape index (κ1) is 17.4. The highest BCUT2D eigenvalue weighted by Crippen LogP contribution is 2.67. The summed E-state index contributed by atoms with van der Waals surface area (Å²) >= 11 is 0. The highest BCUT2D eigenvalue weighted by Gasteiger charge is 2.67. The maximum Gasteiger partial charge on any atom is 0.137 e. The van der Waals surface area contributed by atoms with Crippen LogP contribution < -0.4 is 0 Å². The van der Waals surface area contributed by atoms with Crippen LogP contribution in [0, 0.1) is 34.0 Å². The predicted molar refractivity (Wildman–Crippen MR) is 90.9 cm³/mol. The minimum atomic E-state index is -0.517. The van der Waals surface area contributed by atoms with E-state index in [0.717, 1.165) is 25.7 Å². The van der Waals surface area contributed by atoms with E-state index in [1.54, 1.807) is 0 Å². The Labute approximate surface area is 140 Å². The number of ketones is 1. The summed E-state index contributed by atoms with van der Waals surface area (Å²) in [5, 5.41) is 22.4. The molecular formula is C20H34O3. The number of aliphatic hydroxyl groups excluding tert-OH is 2. The molecule has 3 aliphatic carbocycles. The zero-order valence-corrected chi connectivity index (χ0v) is 15.4. The first-order valence-corrected chi connectivity index (χ1v) is 9.52. The average molecular weight is 322 g/mol. The number of hydrogen-bond donors (Lipinski definition) is 2. The van der Waals surface area contributed by atoms with Crippen LogP contribution in [0.25, 0.3) is 0 Å². The molecule has 2 bridgehead atoms. The molecule has 3 nitrogen and oxygen atoms in total. The highest BCUT2D eigenvalue weighted by molar-refractivity contribution is 5.85. The molecule has 132 valence electrons. The fourth-order valence-corrected chi connectivity index (χ4v) is 6.57. The summed E-state index contributed by atoms with van der Waals surface area (Å²) in [6, 6.07) is 0. The monoisotopic (exact) mass is 322 g/mol.